The first-order valence-corrected chi connectivity index (χ1v) is 10.5. The minimum atomic E-state index is -0.602. The smallest absolute Gasteiger partial charge is 0.407 e. The summed E-state index contributed by atoms with van der Waals surface area (Å²) in [6.07, 6.45) is 1.61. The molecule has 0 heterocycles. The Morgan fingerprint density at radius 3 is 2.27 bits per heavy atom. The molecule has 30 heavy (non-hydrogen) atoms. The Labute approximate surface area is 177 Å². The molecule has 0 spiro atoms. The van der Waals surface area contributed by atoms with Crippen LogP contribution < -0.4 is 5.32 Å². The number of aliphatic hydroxyl groups is 1. The van der Waals surface area contributed by atoms with E-state index in [0.29, 0.717) is 13.0 Å². The lowest BCUT2D eigenvalue weighted by Crippen LogP contribution is -2.38. The van der Waals surface area contributed by atoms with Gasteiger partial charge in [-0.15, -0.1) is 0 Å². The van der Waals surface area contributed by atoms with Crippen LogP contribution in [0.15, 0.2) is 48.5 Å². The fraction of sp³-hybridized carbons (Fsp3) is 0.417. The monoisotopic (exact) mass is 411 g/mol. The van der Waals surface area contributed by atoms with E-state index in [9.17, 15) is 14.7 Å². The number of esters is 1. The van der Waals surface area contributed by atoms with Gasteiger partial charge in [0.15, 0.2) is 0 Å². The highest BCUT2D eigenvalue weighted by Gasteiger charge is 2.29. The summed E-state index contributed by atoms with van der Waals surface area (Å²) in [6, 6.07) is 15.7. The summed E-state index contributed by atoms with van der Waals surface area (Å²) in [7, 11) is 0. The Bertz CT molecular complexity index is 821. The summed E-state index contributed by atoms with van der Waals surface area (Å²) in [5.41, 5.74) is 4.61. The number of amides is 1. The third kappa shape index (κ3) is 5.39. The van der Waals surface area contributed by atoms with Gasteiger partial charge in [0.05, 0.1) is 19.3 Å². The van der Waals surface area contributed by atoms with Gasteiger partial charge in [-0.05, 0) is 35.1 Å². The van der Waals surface area contributed by atoms with Gasteiger partial charge in [-0.25, -0.2) is 4.79 Å². The second-order valence-corrected chi connectivity index (χ2v) is 7.46. The number of benzene rings is 2. The molecule has 0 unspecified atom stereocenters. The summed E-state index contributed by atoms with van der Waals surface area (Å²) >= 11 is 0. The second kappa shape index (κ2) is 10.8. The first-order valence-electron chi connectivity index (χ1n) is 10.5. The Balaban J connectivity index is 1.51. The predicted octanol–water partition coefficient (Wildman–Crippen LogP) is 4.01. The summed E-state index contributed by atoms with van der Waals surface area (Å²) in [6.45, 7) is 2.36. The van der Waals surface area contributed by atoms with Gasteiger partial charge in [0, 0.05) is 12.3 Å². The zero-order valence-corrected chi connectivity index (χ0v) is 17.3. The molecule has 1 aliphatic rings. The molecule has 1 aliphatic carbocycles. The van der Waals surface area contributed by atoms with Crippen LogP contribution in [0.4, 0.5) is 4.79 Å². The molecule has 0 aromatic heterocycles. The van der Waals surface area contributed by atoms with Gasteiger partial charge < -0.3 is 19.9 Å². The molecular formula is C24H29NO5. The van der Waals surface area contributed by atoms with Crippen LogP contribution in [0.25, 0.3) is 11.1 Å². The average molecular weight is 411 g/mol. The molecule has 0 aliphatic heterocycles. The molecule has 2 N–H and O–H groups in total. The number of fused-ring (bicyclic) bond motifs is 3. The maximum atomic E-state index is 12.3. The molecule has 0 fully saturated rings. The molecule has 1 atom stereocenters. The molecule has 0 saturated heterocycles. The van der Waals surface area contributed by atoms with Crippen molar-refractivity contribution in [2.45, 2.75) is 44.6 Å². The summed E-state index contributed by atoms with van der Waals surface area (Å²) in [5.74, 6) is -0.347. The van der Waals surface area contributed by atoms with Crippen molar-refractivity contribution in [1.82, 2.24) is 5.32 Å². The van der Waals surface area contributed by atoms with Crippen molar-refractivity contribution in [2.24, 2.45) is 0 Å². The zero-order chi connectivity index (χ0) is 21.3. The molecule has 2 aromatic carbocycles. The number of unbranched alkanes of at least 4 members (excludes halogenated alkanes) is 1. The van der Waals surface area contributed by atoms with Crippen LogP contribution in [0.2, 0.25) is 0 Å². The van der Waals surface area contributed by atoms with Crippen molar-refractivity contribution in [2.75, 3.05) is 19.8 Å². The van der Waals surface area contributed by atoms with Gasteiger partial charge in [-0.1, -0.05) is 61.9 Å². The Morgan fingerprint density at radius 1 is 1.03 bits per heavy atom. The van der Waals surface area contributed by atoms with Crippen molar-refractivity contribution in [3.05, 3.63) is 59.7 Å². The van der Waals surface area contributed by atoms with E-state index in [1.54, 1.807) is 0 Å². The highest BCUT2D eigenvalue weighted by molar-refractivity contribution is 5.79. The largest absolute Gasteiger partial charge is 0.466 e. The van der Waals surface area contributed by atoms with Crippen LogP contribution in [0.5, 0.6) is 0 Å². The van der Waals surface area contributed by atoms with Gasteiger partial charge >= 0.3 is 12.1 Å². The molecule has 1 amide bonds. The first kappa shape index (κ1) is 21.8. The average Bonchev–Trinajstić information content (AvgIpc) is 3.09. The summed E-state index contributed by atoms with van der Waals surface area (Å²) < 4.78 is 10.6. The predicted molar refractivity (Wildman–Crippen MR) is 114 cm³/mol. The van der Waals surface area contributed by atoms with Gasteiger partial charge in [-0.3, -0.25) is 4.79 Å². The Morgan fingerprint density at radius 2 is 1.67 bits per heavy atom. The van der Waals surface area contributed by atoms with Crippen LogP contribution in [0.1, 0.15) is 49.7 Å². The Hall–Kier alpha value is -2.86. The second-order valence-electron chi connectivity index (χ2n) is 7.46. The molecule has 0 radical (unpaired) electrons. The molecule has 0 bridgehead atoms. The third-order valence-electron chi connectivity index (χ3n) is 5.34. The number of nitrogens with one attached hydrogen (secondary N) is 1. The molecule has 0 saturated carbocycles. The number of carbonyl (C=O) groups is 2. The van der Waals surface area contributed by atoms with E-state index in [4.69, 9.17) is 9.47 Å². The van der Waals surface area contributed by atoms with E-state index in [-0.39, 0.29) is 31.5 Å². The Kier molecular flexibility index (Phi) is 7.85. The quantitative estimate of drug-likeness (QED) is 0.456. The maximum absolute atomic E-state index is 12.3. The van der Waals surface area contributed by atoms with E-state index in [0.717, 1.165) is 35.1 Å². The number of carbonyl (C=O) groups excluding carboxylic acids is 2. The zero-order valence-electron chi connectivity index (χ0n) is 17.3. The first-order chi connectivity index (χ1) is 14.6. The van der Waals surface area contributed by atoms with E-state index < -0.39 is 12.1 Å². The number of hydrogen-bond donors (Lipinski definition) is 2. The lowest BCUT2D eigenvalue weighted by Gasteiger charge is -2.18. The fourth-order valence-corrected chi connectivity index (χ4v) is 3.71. The van der Waals surface area contributed by atoms with Crippen molar-refractivity contribution in [1.29, 1.82) is 0 Å². The van der Waals surface area contributed by atoms with Crippen LogP contribution in [-0.2, 0) is 14.3 Å². The van der Waals surface area contributed by atoms with Crippen LogP contribution in [0, 0.1) is 0 Å². The van der Waals surface area contributed by atoms with Gasteiger partial charge in [0.2, 0.25) is 0 Å². The molecule has 160 valence electrons. The minimum absolute atomic E-state index is 0.0238. The van der Waals surface area contributed by atoms with Crippen molar-refractivity contribution < 1.29 is 24.2 Å². The van der Waals surface area contributed by atoms with E-state index in [2.05, 4.69) is 29.6 Å². The lowest BCUT2D eigenvalue weighted by atomic mass is 9.98. The molecule has 2 aromatic rings. The van der Waals surface area contributed by atoms with Crippen LogP contribution >= 0.6 is 0 Å². The molecule has 3 rings (SSSR count). The standard InChI is InChI=1S/C24H29NO5/c1-2-3-14-29-23(27)13-12-17(15-26)25-24(28)30-16-22-20-10-6-4-8-18(20)19-9-5-7-11-21(19)22/h4-11,17,22,26H,2-3,12-16H2,1H3,(H,25,28)/t17-/m0/s1. The highest BCUT2D eigenvalue weighted by Crippen LogP contribution is 2.44. The van der Waals surface area contributed by atoms with Gasteiger partial charge in [-0.2, -0.15) is 0 Å². The van der Waals surface area contributed by atoms with Gasteiger partial charge in [0.1, 0.15) is 6.61 Å². The normalized spacial score (nSPS) is 13.3. The van der Waals surface area contributed by atoms with E-state index >= 15 is 0 Å². The van der Waals surface area contributed by atoms with E-state index in [1.165, 1.54) is 0 Å². The van der Waals surface area contributed by atoms with Crippen molar-refractivity contribution >= 4 is 12.1 Å². The number of alkyl carbamates (subject to hydrolysis) is 1. The van der Waals surface area contributed by atoms with Gasteiger partial charge in [0.25, 0.3) is 0 Å². The summed E-state index contributed by atoms with van der Waals surface area (Å²) in [4.78, 5) is 24.0. The highest BCUT2D eigenvalue weighted by atomic mass is 16.5. The minimum Gasteiger partial charge on any atom is -0.466 e. The fourth-order valence-electron chi connectivity index (χ4n) is 3.71. The number of hydrogen-bond acceptors (Lipinski definition) is 5. The SMILES string of the molecule is CCCCOC(=O)CC[C@@H](CO)NC(=O)OCC1c2ccccc2-c2ccccc21. The van der Waals surface area contributed by atoms with Crippen molar-refractivity contribution in [3.8, 4) is 11.1 Å². The molecule has 6 nitrogen and oxygen atoms in total. The number of rotatable bonds is 10. The van der Waals surface area contributed by atoms with Crippen LogP contribution in [-0.4, -0.2) is 43.0 Å². The topological polar surface area (TPSA) is 84.9 Å². The van der Waals surface area contributed by atoms with Crippen LogP contribution in [0.3, 0.4) is 0 Å². The maximum Gasteiger partial charge on any atom is 0.407 e. The van der Waals surface area contributed by atoms with Crippen molar-refractivity contribution in [3.63, 3.8) is 0 Å². The summed E-state index contributed by atoms with van der Waals surface area (Å²) in [5, 5.41) is 12.2. The van der Waals surface area contributed by atoms with E-state index in [1.807, 2.05) is 31.2 Å². The lowest BCUT2D eigenvalue weighted by molar-refractivity contribution is -0.144. The molecule has 6 heteroatoms. The molecular weight excluding hydrogens is 382 g/mol. The number of ether oxygens (including phenoxy) is 2. The third-order valence-corrected chi connectivity index (χ3v) is 5.34. The number of aliphatic hydroxyl groups excluding tert-OH is 1.